The molecule has 7 heteroatoms. The third kappa shape index (κ3) is 5.17. The largest absolute Gasteiger partial charge is 0.322 e. The summed E-state index contributed by atoms with van der Waals surface area (Å²) in [6.45, 7) is 2.04. The Morgan fingerprint density at radius 1 is 0.854 bits per heavy atom. The van der Waals surface area contributed by atoms with Crippen LogP contribution < -0.4 is 10.9 Å². The van der Waals surface area contributed by atoms with E-state index in [0.29, 0.717) is 22.4 Å². The van der Waals surface area contributed by atoms with Crippen LogP contribution in [0, 0.1) is 5.82 Å². The number of hydrogen-bond donors (Lipinski definition) is 1. The summed E-state index contributed by atoms with van der Waals surface area (Å²) in [7, 11) is 0. The van der Waals surface area contributed by atoms with E-state index in [1.54, 1.807) is 33.7 Å². The Labute approximate surface area is 236 Å². The van der Waals surface area contributed by atoms with Crippen molar-refractivity contribution in [1.82, 2.24) is 14.5 Å². The number of benzene rings is 5. The Balaban J connectivity index is 1.51. The molecule has 0 aliphatic heterocycles. The predicted octanol–water partition coefficient (Wildman–Crippen LogP) is 7.47. The van der Waals surface area contributed by atoms with E-state index in [9.17, 15) is 14.0 Å². The molecule has 0 bridgehead atoms. The highest BCUT2D eigenvalue weighted by molar-refractivity contribution is 5.90. The number of halogens is 1. The van der Waals surface area contributed by atoms with Crippen molar-refractivity contribution in [1.29, 1.82) is 0 Å². The average molecular weight is 543 g/mol. The van der Waals surface area contributed by atoms with E-state index < -0.39 is 17.9 Å². The Bertz CT molecular complexity index is 1940. The number of rotatable bonds is 6. The summed E-state index contributed by atoms with van der Waals surface area (Å²) in [5, 5.41) is 5.21. The fourth-order valence-corrected chi connectivity index (χ4v) is 5.05. The number of aromatic nitrogens is 2. The van der Waals surface area contributed by atoms with Crippen LogP contribution in [0.25, 0.3) is 27.4 Å². The highest BCUT2D eigenvalue weighted by Gasteiger charge is 2.28. The molecule has 1 atom stereocenters. The minimum Gasteiger partial charge on any atom is -0.310 e. The van der Waals surface area contributed by atoms with Crippen LogP contribution in [0.5, 0.6) is 0 Å². The molecule has 5 aromatic carbocycles. The number of urea groups is 1. The second-order valence-corrected chi connectivity index (χ2v) is 9.86. The number of anilines is 1. The summed E-state index contributed by atoms with van der Waals surface area (Å²) in [5.74, 6) is -0.145. The topological polar surface area (TPSA) is 67.2 Å². The lowest BCUT2D eigenvalue weighted by atomic mass is 10.1. The molecule has 6 nitrogen and oxygen atoms in total. The summed E-state index contributed by atoms with van der Waals surface area (Å²) in [6, 6.07) is 35.3. The number of nitrogens with one attached hydrogen (secondary N) is 1. The predicted molar refractivity (Wildman–Crippen MR) is 161 cm³/mol. The third-order valence-corrected chi connectivity index (χ3v) is 7.21. The molecule has 1 unspecified atom stereocenters. The second-order valence-electron chi connectivity index (χ2n) is 9.86. The van der Waals surface area contributed by atoms with Gasteiger partial charge in [0.05, 0.1) is 28.3 Å². The second kappa shape index (κ2) is 11.1. The lowest BCUT2D eigenvalue weighted by molar-refractivity contribution is 0.185. The summed E-state index contributed by atoms with van der Waals surface area (Å²) in [6.07, 6.45) is 0. The maximum atomic E-state index is 14.5. The van der Waals surface area contributed by atoms with E-state index in [2.05, 4.69) is 5.32 Å². The van der Waals surface area contributed by atoms with Crippen molar-refractivity contribution in [3.05, 3.63) is 149 Å². The number of para-hydroxylation sites is 2. The molecular formula is C34H27FN4O2. The van der Waals surface area contributed by atoms with Gasteiger partial charge in [0.25, 0.3) is 5.56 Å². The van der Waals surface area contributed by atoms with Crippen molar-refractivity contribution in [2.45, 2.75) is 19.5 Å². The van der Waals surface area contributed by atoms with Gasteiger partial charge in [0, 0.05) is 6.54 Å². The minimum atomic E-state index is -0.675. The van der Waals surface area contributed by atoms with E-state index in [-0.39, 0.29) is 17.8 Å². The molecule has 0 radical (unpaired) electrons. The van der Waals surface area contributed by atoms with E-state index in [1.807, 2.05) is 91.9 Å². The molecule has 6 aromatic rings. The van der Waals surface area contributed by atoms with E-state index >= 15 is 0 Å². The lowest BCUT2D eigenvalue weighted by Gasteiger charge is -2.31. The zero-order valence-corrected chi connectivity index (χ0v) is 22.4. The monoisotopic (exact) mass is 542 g/mol. The van der Waals surface area contributed by atoms with Crippen LogP contribution in [0.3, 0.4) is 0 Å². The van der Waals surface area contributed by atoms with Gasteiger partial charge < -0.3 is 10.2 Å². The molecule has 0 saturated heterocycles. The maximum absolute atomic E-state index is 14.5. The number of amides is 2. The molecule has 0 spiro atoms. The lowest BCUT2D eigenvalue weighted by Crippen LogP contribution is -2.39. The minimum absolute atomic E-state index is 0.0705. The number of carbonyl (C=O) groups is 1. The first-order chi connectivity index (χ1) is 20.0. The molecule has 202 valence electrons. The van der Waals surface area contributed by atoms with E-state index in [0.717, 1.165) is 16.3 Å². The van der Waals surface area contributed by atoms with Gasteiger partial charge in [-0.15, -0.1) is 0 Å². The molecule has 0 fully saturated rings. The van der Waals surface area contributed by atoms with Gasteiger partial charge >= 0.3 is 6.03 Å². The van der Waals surface area contributed by atoms with Gasteiger partial charge in [-0.1, -0.05) is 84.9 Å². The van der Waals surface area contributed by atoms with E-state index in [1.165, 1.54) is 12.1 Å². The maximum Gasteiger partial charge on any atom is 0.322 e. The highest BCUT2D eigenvalue weighted by Crippen LogP contribution is 2.27. The van der Waals surface area contributed by atoms with Gasteiger partial charge in [0.2, 0.25) is 0 Å². The van der Waals surface area contributed by atoms with Crippen molar-refractivity contribution in [2.24, 2.45) is 0 Å². The van der Waals surface area contributed by atoms with Gasteiger partial charge in [-0.2, -0.15) is 0 Å². The Kier molecular flexibility index (Phi) is 7.00. The molecule has 2 amide bonds. The fourth-order valence-electron chi connectivity index (χ4n) is 5.05. The Morgan fingerprint density at radius 2 is 1.54 bits per heavy atom. The molecule has 1 heterocycles. The molecule has 0 aliphatic carbocycles. The van der Waals surface area contributed by atoms with E-state index in [4.69, 9.17) is 4.98 Å². The van der Waals surface area contributed by atoms with Gasteiger partial charge in [-0.25, -0.2) is 14.2 Å². The molecule has 6 rings (SSSR count). The smallest absolute Gasteiger partial charge is 0.310 e. The SMILES string of the molecule is CC(c1nc2ccccc2c(=O)n1-c1ccc2ccccc2c1)N(Cc1ccccc1)C(=O)Nc1ccccc1F. The van der Waals surface area contributed by atoms with Crippen LogP contribution in [-0.4, -0.2) is 20.5 Å². The average Bonchev–Trinajstić information content (AvgIpc) is 3.01. The summed E-state index contributed by atoms with van der Waals surface area (Å²) in [5.41, 5.74) is 1.89. The van der Waals surface area contributed by atoms with Crippen molar-refractivity contribution < 1.29 is 9.18 Å². The molecule has 1 aromatic heterocycles. The number of hydrogen-bond acceptors (Lipinski definition) is 3. The van der Waals surface area contributed by atoms with Crippen molar-refractivity contribution in [2.75, 3.05) is 5.32 Å². The normalized spacial score (nSPS) is 11.9. The fraction of sp³-hybridized carbons (Fsp3) is 0.0882. The zero-order valence-electron chi connectivity index (χ0n) is 22.4. The first-order valence-electron chi connectivity index (χ1n) is 13.4. The van der Waals surface area contributed by atoms with Crippen molar-refractivity contribution in [3.8, 4) is 5.69 Å². The van der Waals surface area contributed by atoms with Crippen LogP contribution in [0.4, 0.5) is 14.9 Å². The molecule has 41 heavy (non-hydrogen) atoms. The zero-order chi connectivity index (χ0) is 28.3. The van der Waals surface area contributed by atoms with Crippen LogP contribution in [0.1, 0.15) is 24.4 Å². The van der Waals surface area contributed by atoms with Crippen LogP contribution in [0.15, 0.2) is 126 Å². The molecular weight excluding hydrogens is 515 g/mol. The highest BCUT2D eigenvalue weighted by atomic mass is 19.1. The summed E-state index contributed by atoms with van der Waals surface area (Å²) < 4.78 is 16.1. The third-order valence-electron chi connectivity index (χ3n) is 7.21. The van der Waals surface area contributed by atoms with Crippen LogP contribution in [-0.2, 0) is 6.54 Å². The van der Waals surface area contributed by atoms with Gasteiger partial charge in [0.15, 0.2) is 0 Å². The van der Waals surface area contributed by atoms with Gasteiger partial charge in [-0.3, -0.25) is 9.36 Å². The van der Waals surface area contributed by atoms with Crippen LogP contribution >= 0.6 is 0 Å². The molecule has 1 N–H and O–H groups in total. The number of fused-ring (bicyclic) bond motifs is 2. The summed E-state index contributed by atoms with van der Waals surface area (Å²) in [4.78, 5) is 34.3. The van der Waals surface area contributed by atoms with Gasteiger partial charge in [-0.05, 0) is 59.7 Å². The summed E-state index contributed by atoms with van der Waals surface area (Å²) >= 11 is 0. The van der Waals surface area contributed by atoms with Crippen LogP contribution in [0.2, 0.25) is 0 Å². The number of carbonyl (C=O) groups excluding carboxylic acids is 1. The van der Waals surface area contributed by atoms with Crippen molar-refractivity contribution >= 4 is 33.4 Å². The Morgan fingerprint density at radius 3 is 2.34 bits per heavy atom. The van der Waals surface area contributed by atoms with Crippen molar-refractivity contribution in [3.63, 3.8) is 0 Å². The standard InChI is InChI=1S/C34H27FN4O2/c1-23(38(22-24-11-3-2-4-12-24)34(41)37-31-18-10-8-16-29(31)35)32-36-30-17-9-7-15-28(30)33(40)39(32)27-20-19-25-13-5-6-14-26(25)21-27/h2-21,23H,22H2,1H3,(H,37,41). The molecule has 0 aliphatic rings. The first kappa shape index (κ1) is 26.0. The molecule has 0 saturated carbocycles. The Hall–Kier alpha value is -5.30. The first-order valence-corrected chi connectivity index (χ1v) is 13.4. The van der Waals surface area contributed by atoms with Gasteiger partial charge in [0.1, 0.15) is 11.6 Å². The number of nitrogens with zero attached hydrogens (tertiary/aromatic N) is 3. The quantitative estimate of drug-likeness (QED) is 0.237.